The fraction of sp³-hybridized carbons (Fsp3) is 0.438. The monoisotopic (exact) mass is 411 g/mol. The molecule has 1 aliphatic rings. The van der Waals surface area contributed by atoms with Crippen LogP contribution in [0, 0.1) is 0 Å². The molecule has 128 valence electrons. The summed E-state index contributed by atoms with van der Waals surface area (Å²) in [6.45, 7) is 1.76. The summed E-state index contributed by atoms with van der Waals surface area (Å²) < 4.78 is 2.23. The van der Waals surface area contributed by atoms with Crippen LogP contribution in [0.4, 0.5) is 0 Å². The van der Waals surface area contributed by atoms with Gasteiger partial charge in [0.15, 0.2) is 5.16 Å². The molecule has 1 fully saturated rings. The van der Waals surface area contributed by atoms with E-state index < -0.39 is 6.10 Å². The number of thioether (sulfide) groups is 1. The van der Waals surface area contributed by atoms with Crippen molar-refractivity contribution in [3.8, 4) is 0 Å². The van der Waals surface area contributed by atoms with Crippen molar-refractivity contribution in [3.05, 3.63) is 33.0 Å². The van der Waals surface area contributed by atoms with Crippen LogP contribution in [0.25, 0.3) is 10.9 Å². The van der Waals surface area contributed by atoms with Gasteiger partial charge in [-0.2, -0.15) is 0 Å². The van der Waals surface area contributed by atoms with E-state index in [0.717, 1.165) is 17.3 Å². The van der Waals surface area contributed by atoms with Crippen LogP contribution in [-0.4, -0.2) is 38.5 Å². The number of nitrogens with zero attached hydrogens (tertiary/aromatic N) is 2. The quantitative estimate of drug-likeness (QED) is 0.560. The van der Waals surface area contributed by atoms with Gasteiger partial charge in [0, 0.05) is 10.5 Å². The van der Waals surface area contributed by atoms with E-state index >= 15 is 0 Å². The van der Waals surface area contributed by atoms with Crippen LogP contribution in [0.5, 0.6) is 0 Å². The average molecular weight is 412 g/mol. The number of carbonyl (C=O) groups is 1. The first-order valence-electron chi connectivity index (χ1n) is 7.74. The minimum Gasteiger partial charge on any atom is -0.392 e. The molecule has 1 aromatic heterocycles. The van der Waals surface area contributed by atoms with Crippen molar-refractivity contribution in [2.24, 2.45) is 0 Å². The van der Waals surface area contributed by atoms with E-state index in [9.17, 15) is 14.7 Å². The van der Waals surface area contributed by atoms with Crippen molar-refractivity contribution >= 4 is 44.5 Å². The van der Waals surface area contributed by atoms with Gasteiger partial charge in [-0.05, 0) is 38.0 Å². The Hall–Kier alpha value is -1.38. The third-order valence-electron chi connectivity index (χ3n) is 3.60. The molecule has 1 heterocycles. The lowest BCUT2D eigenvalue weighted by Crippen LogP contribution is -2.30. The highest BCUT2D eigenvalue weighted by Crippen LogP contribution is 2.22. The van der Waals surface area contributed by atoms with E-state index in [0.29, 0.717) is 22.1 Å². The molecule has 24 heavy (non-hydrogen) atoms. The smallest absolute Gasteiger partial charge is 0.262 e. The van der Waals surface area contributed by atoms with Gasteiger partial charge in [0.05, 0.1) is 29.3 Å². The third-order valence-corrected chi connectivity index (χ3v) is 5.07. The molecule has 1 aromatic carbocycles. The number of aliphatic hydroxyl groups excluding tert-OH is 1. The standard InChI is InChI=1S/C16H18BrN3O3S/c1-9(21)7-20-15(23)12-6-10(17)2-5-13(12)19-16(20)24-8-14(22)18-11-3-4-11/h2,5-6,9,11,21H,3-4,7-8H2,1H3,(H,18,22)/t9-/m1/s1. The minimum atomic E-state index is -0.686. The number of aromatic nitrogens is 2. The molecule has 0 spiro atoms. The summed E-state index contributed by atoms with van der Waals surface area (Å²) in [6, 6.07) is 5.61. The summed E-state index contributed by atoms with van der Waals surface area (Å²) in [5.74, 6) is 0.140. The number of halogens is 1. The van der Waals surface area contributed by atoms with Gasteiger partial charge in [-0.3, -0.25) is 14.2 Å². The molecule has 0 bridgehead atoms. The van der Waals surface area contributed by atoms with Gasteiger partial charge in [0.25, 0.3) is 5.56 Å². The first kappa shape index (κ1) is 17.4. The number of amides is 1. The molecule has 0 aliphatic heterocycles. The van der Waals surface area contributed by atoms with E-state index in [2.05, 4.69) is 26.2 Å². The molecule has 2 aromatic rings. The molecule has 1 aliphatic carbocycles. The van der Waals surface area contributed by atoms with Gasteiger partial charge in [-0.25, -0.2) is 4.98 Å². The molecule has 1 atom stereocenters. The second-order valence-corrected chi connectivity index (χ2v) is 7.81. The average Bonchev–Trinajstić information content (AvgIpc) is 3.32. The SMILES string of the molecule is C[C@@H](O)Cn1c(SCC(=O)NC2CC2)nc2ccc(Br)cc2c1=O. The molecular weight excluding hydrogens is 394 g/mol. The maximum absolute atomic E-state index is 12.7. The van der Waals surface area contributed by atoms with Crippen molar-refractivity contribution < 1.29 is 9.90 Å². The second kappa shape index (κ2) is 7.25. The molecule has 3 rings (SSSR count). The summed E-state index contributed by atoms with van der Waals surface area (Å²) in [5, 5.41) is 13.5. The predicted molar refractivity (Wildman–Crippen MR) is 97.3 cm³/mol. The van der Waals surface area contributed by atoms with Gasteiger partial charge in [0.2, 0.25) is 5.91 Å². The Labute approximate surface area is 151 Å². The van der Waals surface area contributed by atoms with E-state index in [4.69, 9.17) is 0 Å². The summed E-state index contributed by atoms with van der Waals surface area (Å²) in [5.41, 5.74) is 0.363. The van der Waals surface area contributed by atoms with Crippen LogP contribution in [0.15, 0.2) is 32.6 Å². The number of carbonyl (C=O) groups excluding carboxylic acids is 1. The Kier molecular flexibility index (Phi) is 5.27. The first-order chi connectivity index (χ1) is 11.4. The Morgan fingerprint density at radius 1 is 1.54 bits per heavy atom. The molecule has 0 radical (unpaired) electrons. The highest BCUT2D eigenvalue weighted by atomic mass is 79.9. The molecule has 0 unspecified atom stereocenters. The van der Waals surface area contributed by atoms with Gasteiger partial charge in [0.1, 0.15) is 0 Å². The van der Waals surface area contributed by atoms with E-state index in [1.165, 1.54) is 16.3 Å². The molecular formula is C16H18BrN3O3S. The fourth-order valence-corrected chi connectivity index (χ4v) is 3.52. The fourth-order valence-electron chi connectivity index (χ4n) is 2.34. The van der Waals surface area contributed by atoms with E-state index in [-0.39, 0.29) is 23.8 Å². The van der Waals surface area contributed by atoms with Crippen LogP contribution >= 0.6 is 27.7 Å². The largest absolute Gasteiger partial charge is 0.392 e. The summed E-state index contributed by atoms with van der Waals surface area (Å²) >= 11 is 4.57. The lowest BCUT2D eigenvalue weighted by molar-refractivity contribution is -0.118. The predicted octanol–water partition coefficient (Wildman–Crippen LogP) is 1.91. The molecule has 0 saturated heterocycles. The third kappa shape index (κ3) is 4.17. The van der Waals surface area contributed by atoms with E-state index in [1.807, 2.05) is 6.07 Å². The Morgan fingerprint density at radius 2 is 2.29 bits per heavy atom. The van der Waals surface area contributed by atoms with Gasteiger partial charge in [-0.15, -0.1) is 0 Å². The maximum atomic E-state index is 12.7. The number of aliphatic hydroxyl groups is 1. The number of hydrogen-bond acceptors (Lipinski definition) is 5. The lowest BCUT2D eigenvalue weighted by atomic mass is 10.2. The Morgan fingerprint density at radius 3 is 2.96 bits per heavy atom. The van der Waals surface area contributed by atoms with Crippen LogP contribution < -0.4 is 10.9 Å². The van der Waals surface area contributed by atoms with Crippen LogP contribution in [0.2, 0.25) is 0 Å². The summed E-state index contributed by atoms with van der Waals surface area (Å²) in [4.78, 5) is 29.1. The molecule has 1 amide bonds. The lowest BCUT2D eigenvalue weighted by Gasteiger charge is -2.14. The zero-order valence-corrected chi connectivity index (χ0v) is 15.6. The highest BCUT2D eigenvalue weighted by Gasteiger charge is 2.23. The summed E-state index contributed by atoms with van der Waals surface area (Å²) in [6.07, 6.45) is 1.38. The molecule has 2 N–H and O–H groups in total. The second-order valence-electron chi connectivity index (χ2n) is 5.95. The number of hydrogen-bond donors (Lipinski definition) is 2. The molecule has 6 nitrogen and oxygen atoms in total. The highest BCUT2D eigenvalue weighted by molar-refractivity contribution is 9.10. The Bertz CT molecular complexity index is 833. The van der Waals surface area contributed by atoms with Crippen molar-refractivity contribution in [1.82, 2.24) is 14.9 Å². The molecule has 8 heteroatoms. The van der Waals surface area contributed by atoms with Crippen molar-refractivity contribution in [3.63, 3.8) is 0 Å². The topological polar surface area (TPSA) is 84.2 Å². The number of rotatable bonds is 6. The Balaban J connectivity index is 1.92. The first-order valence-corrected chi connectivity index (χ1v) is 9.52. The van der Waals surface area contributed by atoms with Crippen LogP contribution in [0.3, 0.4) is 0 Å². The van der Waals surface area contributed by atoms with Gasteiger partial charge >= 0.3 is 0 Å². The van der Waals surface area contributed by atoms with Crippen LogP contribution in [0.1, 0.15) is 19.8 Å². The van der Waals surface area contributed by atoms with Gasteiger partial charge < -0.3 is 10.4 Å². The van der Waals surface area contributed by atoms with Crippen molar-refractivity contribution in [1.29, 1.82) is 0 Å². The van der Waals surface area contributed by atoms with Crippen LogP contribution in [-0.2, 0) is 11.3 Å². The van der Waals surface area contributed by atoms with Crippen molar-refractivity contribution in [2.45, 2.75) is 43.6 Å². The number of fused-ring (bicyclic) bond motifs is 1. The zero-order valence-electron chi connectivity index (χ0n) is 13.2. The number of nitrogens with one attached hydrogen (secondary N) is 1. The minimum absolute atomic E-state index is 0.0590. The molecule has 1 saturated carbocycles. The van der Waals surface area contributed by atoms with Gasteiger partial charge in [-0.1, -0.05) is 27.7 Å². The summed E-state index contributed by atoms with van der Waals surface area (Å²) in [7, 11) is 0. The maximum Gasteiger partial charge on any atom is 0.262 e. The normalized spacial score (nSPS) is 15.5. The van der Waals surface area contributed by atoms with Crippen molar-refractivity contribution in [2.75, 3.05) is 5.75 Å². The van der Waals surface area contributed by atoms with E-state index in [1.54, 1.807) is 19.1 Å². The zero-order chi connectivity index (χ0) is 17.3. The number of benzene rings is 1.